The normalized spacial score (nSPS) is 10.2. The fraction of sp³-hybridized carbons (Fsp3) is 0.0667. The van der Waals surface area contributed by atoms with Crippen LogP contribution in [0.2, 0.25) is 0 Å². The largest absolute Gasteiger partial charge is 0.339 e. The summed E-state index contributed by atoms with van der Waals surface area (Å²) in [6.45, 7) is 1.73. The number of hydrogen-bond acceptors (Lipinski definition) is 5. The molecule has 2 amide bonds. The lowest BCUT2D eigenvalue weighted by Crippen LogP contribution is -2.19. The Morgan fingerprint density at radius 1 is 1.09 bits per heavy atom. The Morgan fingerprint density at radius 2 is 1.91 bits per heavy atom. The van der Waals surface area contributed by atoms with Crippen molar-refractivity contribution in [2.75, 3.05) is 10.6 Å². The van der Waals surface area contributed by atoms with Crippen molar-refractivity contribution in [2.24, 2.45) is 0 Å². The highest BCUT2D eigenvalue weighted by molar-refractivity contribution is 5.99. The highest BCUT2D eigenvalue weighted by Gasteiger charge is 2.07. The summed E-state index contributed by atoms with van der Waals surface area (Å²) in [6, 6.07) is 12.1. The first kappa shape index (κ1) is 13.7. The van der Waals surface area contributed by atoms with Crippen molar-refractivity contribution < 1.29 is 9.32 Å². The number of carbonyl (C=O) groups is 1. The molecule has 0 saturated heterocycles. The summed E-state index contributed by atoms with van der Waals surface area (Å²) in [4.78, 5) is 20.0. The first-order valence-electron chi connectivity index (χ1n) is 6.60. The molecule has 22 heavy (non-hydrogen) atoms. The Labute approximate surface area is 126 Å². The van der Waals surface area contributed by atoms with Crippen LogP contribution < -0.4 is 10.6 Å². The molecule has 0 aliphatic heterocycles. The minimum atomic E-state index is -0.359. The number of amides is 2. The zero-order valence-corrected chi connectivity index (χ0v) is 11.8. The predicted octanol–water partition coefficient (Wildman–Crippen LogP) is 3.08. The average molecular weight is 295 g/mol. The van der Waals surface area contributed by atoms with E-state index in [0.29, 0.717) is 23.2 Å². The van der Waals surface area contributed by atoms with E-state index in [9.17, 15) is 4.79 Å². The van der Waals surface area contributed by atoms with Gasteiger partial charge in [0.25, 0.3) is 0 Å². The number of benzene rings is 1. The van der Waals surface area contributed by atoms with Gasteiger partial charge >= 0.3 is 6.03 Å². The van der Waals surface area contributed by atoms with E-state index in [1.165, 1.54) is 0 Å². The lowest BCUT2D eigenvalue weighted by Gasteiger charge is -2.07. The number of nitrogens with one attached hydrogen (secondary N) is 2. The van der Waals surface area contributed by atoms with E-state index in [2.05, 4.69) is 25.8 Å². The molecule has 2 aromatic heterocycles. The highest BCUT2D eigenvalue weighted by Crippen LogP contribution is 2.18. The van der Waals surface area contributed by atoms with E-state index in [4.69, 9.17) is 4.52 Å². The maximum Gasteiger partial charge on any atom is 0.324 e. The molecule has 0 bridgehead atoms. The van der Waals surface area contributed by atoms with E-state index in [0.717, 1.165) is 5.56 Å². The molecule has 0 fully saturated rings. The number of rotatable bonds is 3. The molecule has 0 aliphatic rings. The van der Waals surface area contributed by atoms with Crippen LogP contribution in [0.3, 0.4) is 0 Å². The summed E-state index contributed by atoms with van der Waals surface area (Å²) in [5.74, 6) is 1.51. The number of carbonyl (C=O) groups excluding carboxylic acids is 1. The van der Waals surface area contributed by atoms with Crippen molar-refractivity contribution in [1.29, 1.82) is 0 Å². The maximum atomic E-state index is 11.8. The SMILES string of the molecule is Cc1nc(-c2ccc(NC(=O)Nc3ccccn3)cc2)no1. The zero-order chi connectivity index (χ0) is 15.4. The van der Waals surface area contributed by atoms with Crippen LogP contribution in [-0.4, -0.2) is 21.2 Å². The van der Waals surface area contributed by atoms with Crippen LogP contribution in [0.4, 0.5) is 16.3 Å². The molecule has 2 N–H and O–H groups in total. The predicted molar refractivity (Wildman–Crippen MR) is 81.3 cm³/mol. The van der Waals surface area contributed by atoms with Crippen LogP contribution >= 0.6 is 0 Å². The third kappa shape index (κ3) is 3.26. The van der Waals surface area contributed by atoms with E-state index in [1.807, 2.05) is 0 Å². The monoisotopic (exact) mass is 295 g/mol. The van der Waals surface area contributed by atoms with Gasteiger partial charge in [0.2, 0.25) is 11.7 Å². The molecule has 7 nitrogen and oxygen atoms in total. The van der Waals surface area contributed by atoms with E-state index >= 15 is 0 Å². The minimum Gasteiger partial charge on any atom is -0.339 e. The second-order valence-corrected chi connectivity index (χ2v) is 4.51. The smallest absolute Gasteiger partial charge is 0.324 e. The standard InChI is InChI=1S/C15H13N5O2/c1-10-17-14(20-22-10)11-5-7-12(8-6-11)18-15(21)19-13-4-2-3-9-16-13/h2-9H,1H3,(H2,16,18,19,21). The van der Waals surface area contributed by atoms with Crippen LogP contribution in [0, 0.1) is 6.92 Å². The van der Waals surface area contributed by atoms with Gasteiger partial charge in [0, 0.05) is 24.4 Å². The number of anilines is 2. The Bertz CT molecular complexity index is 768. The van der Waals surface area contributed by atoms with Gasteiger partial charge < -0.3 is 9.84 Å². The molecular weight excluding hydrogens is 282 g/mol. The number of nitrogens with zero attached hydrogens (tertiary/aromatic N) is 3. The summed E-state index contributed by atoms with van der Waals surface area (Å²) in [7, 11) is 0. The molecule has 0 saturated carbocycles. The first-order chi connectivity index (χ1) is 10.7. The van der Waals surface area contributed by atoms with Gasteiger partial charge in [0.05, 0.1) is 0 Å². The Morgan fingerprint density at radius 3 is 2.55 bits per heavy atom. The fourth-order valence-electron chi connectivity index (χ4n) is 1.83. The quantitative estimate of drug-likeness (QED) is 0.774. The highest BCUT2D eigenvalue weighted by atomic mass is 16.5. The maximum absolute atomic E-state index is 11.8. The van der Waals surface area contributed by atoms with Crippen LogP contribution in [-0.2, 0) is 0 Å². The zero-order valence-electron chi connectivity index (χ0n) is 11.8. The molecule has 7 heteroatoms. The molecule has 0 radical (unpaired) electrons. The Kier molecular flexibility index (Phi) is 3.78. The van der Waals surface area contributed by atoms with Gasteiger partial charge in [0.15, 0.2) is 0 Å². The lowest BCUT2D eigenvalue weighted by atomic mass is 10.2. The second kappa shape index (κ2) is 6.04. The molecule has 3 rings (SSSR count). The van der Waals surface area contributed by atoms with Gasteiger partial charge in [-0.25, -0.2) is 9.78 Å². The third-order valence-electron chi connectivity index (χ3n) is 2.84. The molecule has 0 atom stereocenters. The van der Waals surface area contributed by atoms with Gasteiger partial charge in [-0.05, 0) is 36.4 Å². The van der Waals surface area contributed by atoms with Crippen LogP contribution in [0.25, 0.3) is 11.4 Å². The topological polar surface area (TPSA) is 92.9 Å². The number of aromatic nitrogens is 3. The molecular formula is C15H13N5O2. The van der Waals surface area contributed by atoms with Gasteiger partial charge in [-0.1, -0.05) is 11.2 Å². The lowest BCUT2D eigenvalue weighted by molar-refractivity contribution is 0.262. The van der Waals surface area contributed by atoms with Crippen LogP contribution in [0.5, 0.6) is 0 Å². The van der Waals surface area contributed by atoms with Crippen molar-refractivity contribution in [2.45, 2.75) is 6.92 Å². The molecule has 3 aromatic rings. The molecule has 0 spiro atoms. The first-order valence-corrected chi connectivity index (χ1v) is 6.60. The van der Waals surface area contributed by atoms with Gasteiger partial charge in [0.1, 0.15) is 5.82 Å². The van der Waals surface area contributed by atoms with Gasteiger partial charge in [-0.2, -0.15) is 4.98 Å². The fourth-order valence-corrected chi connectivity index (χ4v) is 1.83. The summed E-state index contributed by atoms with van der Waals surface area (Å²) in [5.41, 5.74) is 1.46. The summed E-state index contributed by atoms with van der Waals surface area (Å²) in [6.07, 6.45) is 1.61. The summed E-state index contributed by atoms with van der Waals surface area (Å²) < 4.78 is 4.93. The van der Waals surface area contributed by atoms with E-state index in [1.54, 1.807) is 55.6 Å². The minimum absolute atomic E-state index is 0.359. The van der Waals surface area contributed by atoms with Crippen molar-refractivity contribution in [3.63, 3.8) is 0 Å². The molecule has 1 aromatic carbocycles. The average Bonchev–Trinajstić information content (AvgIpc) is 2.95. The van der Waals surface area contributed by atoms with Gasteiger partial charge in [-0.15, -0.1) is 0 Å². The molecule has 0 aliphatic carbocycles. The Hall–Kier alpha value is -3.22. The summed E-state index contributed by atoms with van der Waals surface area (Å²) >= 11 is 0. The third-order valence-corrected chi connectivity index (χ3v) is 2.84. The van der Waals surface area contributed by atoms with E-state index < -0.39 is 0 Å². The summed E-state index contributed by atoms with van der Waals surface area (Å²) in [5, 5.41) is 9.20. The number of pyridine rings is 1. The van der Waals surface area contributed by atoms with Crippen molar-refractivity contribution in [1.82, 2.24) is 15.1 Å². The van der Waals surface area contributed by atoms with E-state index in [-0.39, 0.29) is 6.03 Å². The van der Waals surface area contributed by atoms with Gasteiger partial charge in [-0.3, -0.25) is 5.32 Å². The van der Waals surface area contributed by atoms with Crippen LogP contribution in [0.1, 0.15) is 5.89 Å². The molecule has 0 unspecified atom stereocenters. The van der Waals surface area contributed by atoms with Crippen molar-refractivity contribution >= 4 is 17.5 Å². The van der Waals surface area contributed by atoms with Crippen molar-refractivity contribution in [3.8, 4) is 11.4 Å². The Balaban J connectivity index is 1.65. The second-order valence-electron chi connectivity index (χ2n) is 4.51. The van der Waals surface area contributed by atoms with Crippen molar-refractivity contribution in [3.05, 3.63) is 54.6 Å². The number of aryl methyl sites for hydroxylation is 1. The number of hydrogen-bond donors (Lipinski definition) is 2. The van der Waals surface area contributed by atoms with Crippen LogP contribution in [0.15, 0.2) is 53.2 Å². The molecule has 110 valence electrons. The molecule has 2 heterocycles. The number of urea groups is 1.